The summed E-state index contributed by atoms with van der Waals surface area (Å²) in [6, 6.07) is 15.6. The fraction of sp³-hybridized carbons (Fsp3) is 0.0588. The van der Waals surface area contributed by atoms with Crippen molar-refractivity contribution < 1.29 is 9.18 Å². The number of nitrogens with zero attached hydrogens (tertiary/aromatic N) is 2. The maximum Gasteiger partial charge on any atom is 0.271 e. The molecule has 0 aliphatic carbocycles. The molecule has 1 aromatic heterocycles. The van der Waals surface area contributed by atoms with Crippen LogP contribution in [0.2, 0.25) is 0 Å². The van der Waals surface area contributed by atoms with Gasteiger partial charge in [0.1, 0.15) is 17.8 Å². The van der Waals surface area contributed by atoms with Gasteiger partial charge in [0.2, 0.25) is 0 Å². The van der Waals surface area contributed by atoms with E-state index in [1.807, 2.05) is 30.3 Å². The zero-order valence-electron chi connectivity index (χ0n) is 11.7. The molecular formula is C17H14FN3O. The molecule has 2 aromatic carbocycles. The molecule has 3 aromatic rings. The van der Waals surface area contributed by atoms with E-state index in [-0.39, 0.29) is 11.7 Å². The van der Waals surface area contributed by atoms with E-state index in [0.29, 0.717) is 12.2 Å². The van der Waals surface area contributed by atoms with E-state index in [0.717, 1.165) is 11.3 Å². The Kier molecular flexibility index (Phi) is 3.96. The molecule has 3 rings (SSSR count). The number of benzene rings is 2. The van der Waals surface area contributed by atoms with Crippen molar-refractivity contribution in [1.29, 1.82) is 0 Å². The van der Waals surface area contributed by atoms with Crippen molar-refractivity contribution in [3.05, 3.63) is 84.2 Å². The minimum atomic E-state index is -0.295. The summed E-state index contributed by atoms with van der Waals surface area (Å²) in [5.41, 5.74) is 2.11. The van der Waals surface area contributed by atoms with Crippen LogP contribution in [0.5, 0.6) is 0 Å². The summed E-state index contributed by atoms with van der Waals surface area (Å²) in [5.74, 6) is -0.560. The Morgan fingerprint density at radius 2 is 1.82 bits per heavy atom. The zero-order valence-corrected chi connectivity index (χ0v) is 11.7. The Bertz CT molecular complexity index is 766. The molecule has 0 atom stereocenters. The number of nitrogens with one attached hydrogen (secondary N) is 1. The van der Waals surface area contributed by atoms with Crippen LogP contribution in [0.4, 0.5) is 4.39 Å². The maximum atomic E-state index is 12.8. The second kappa shape index (κ2) is 6.22. The molecular weight excluding hydrogens is 281 g/mol. The van der Waals surface area contributed by atoms with Gasteiger partial charge in [-0.1, -0.05) is 30.3 Å². The molecule has 0 unspecified atom stereocenters. The second-order valence-corrected chi connectivity index (χ2v) is 4.81. The number of rotatable bonds is 4. The van der Waals surface area contributed by atoms with Crippen LogP contribution in [0.1, 0.15) is 16.1 Å². The number of aromatic nitrogens is 2. The Balaban J connectivity index is 1.66. The van der Waals surface area contributed by atoms with Crippen LogP contribution in [-0.4, -0.2) is 15.5 Å². The smallest absolute Gasteiger partial charge is 0.271 e. The van der Waals surface area contributed by atoms with Crippen molar-refractivity contribution in [2.75, 3.05) is 0 Å². The van der Waals surface area contributed by atoms with Gasteiger partial charge in [0.15, 0.2) is 0 Å². The van der Waals surface area contributed by atoms with Crippen molar-refractivity contribution in [1.82, 2.24) is 14.9 Å². The van der Waals surface area contributed by atoms with Gasteiger partial charge in [0.25, 0.3) is 5.91 Å². The first-order valence-electron chi connectivity index (χ1n) is 6.84. The third-order valence-electron chi connectivity index (χ3n) is 3.24. The summed E-state index contributed by atoms with van der Waals surface area (Å²) in [6.07, 6.45) is 3.28. The first-order chi connectivity index (χ1) is 10.7. The normalized spacial score (nSPS) is 10.4. The lowest BCUT2D eigenvalue weighted by Crippen LogP contribution is -2.23. The van der Waals surface area contributed by atoms with Crippen molar-refractivity contribution in [2.45, 2.75) is 6.54 Å². The lowest BCUT2D eigenvalue weighted by molar-refractivity contribution is 0.0946. The summed E-state index contributed by atoms with van der Waals surface area (Å²) >= 11 is 0. The monoisotopic (exact) mass is 295 g/mol. The minimum Gasteiger partial charge on any atom is -0.347 e. The molecule has 1 amide bonds. The van der Waals surface area contributed by atoms with Gasteiger partial charge in [-0.25, -0.2) is 9.37 Å². The Labute approximate surface area is 127 Å². The van der Waals surface area contributed by atoms with Crippen molar-refractivity contribution >= 4 is 5.91 Å². The summed E-state index contributed by atoms with van der Waals surface area (Å²) in [5, 5.41) is 2.76. The highest BCUT2D eigenvalue weighted by Gasteiger charge is 2.09. The first kappa shape index (κ1) is 14.0. The molecule has 0 radical (unpaired) electrons. The molecule has 4 nitrogen and oxygen atoms in total. The zero-order chi connectivity index (χ0) is 15.4. The van der Waals surface area contributed by atoms with Crippen molar-refractivity contribution in [3.63, 3.8) is 0 Å². The highest BCUT2D eigenvalue weighted by Crippen LogP contribution is 2.08. The summed E-state index contributed by atoms with van der Waals surface area (Å²) in [7, 11) is 0. The molecule has 0 saturated carbocycles. The third kappa shape index (κ3) is 3.20. The predicted octanol–water partition coefficient (Wildman–Crippen LogP) is 2.94. The summed E-state index contributed by atoms with van der Waals surface area (Å²) in [4.78, 5) is 16.2. The number of carbonyl (C=O) groups excluding carboxylic acids is 1. The number of carbonyl (C=O) groups is 1. The van der Waals surface area contributed by atoms with Crippen LogP contribution in [-0.2, 0) is 6.54 Å². The number of halogens is 1. The molecule has 0 aliphatic heterocycles. The molecule has 110 valence electrons. The fourth-order valence-corrected chi connectivity index (χ4v) is 2.06. The van der Waals surface area contributed by atoms with Crippen LogP contribution in [0.3, 0.4) is 0 Å². The average Bonchev–Trinajstić information content (AvgIpc) is 3.05. The predicted molar refractivity (Wildman–Crippen MR) is 81.1 cm³/mol. The van der Waals surface area contributed by atoms with Crippen LogP contribution >= 0.6 is 0 Å². The third-order valence-corrected chi connectivity index (χ3v) is 3.24. The minimum absolute atomic E-state index is 0.265. The highest BCUT2D eigenvalue weighted by molar-refractivity contribution is 5.92. The second-order valence-electron chi connectivity index (χ2n) is 4.81. The lowest BCUT2D eigenvalue weighted by atomic mass is 10.2. The van der Waals surface area contributed by atoms with Gasteiger partial charge in [-0.15, -0.1) is 0 Å². The fourth-order valence-electron chi connectivity index (χ4n) is 2.06. The van der Waals surface area contributed by atoms with Crippen molar-refractivity contribution in [2.24, 2.45) is 0 Å². The number of amides is 1. The molecule has 5 heteroatoms. The quantitative estimate of drug-likeness (QED) is 0.804. The van der Waals surface area contributed by atoms with Crippen molar-refractivity contribution in [3.8, 4) is 5.69 Å². The largest absolute Gasteiger partial charge is 0.347 e. The van der Waals surface area contributed by atoms with E-state index in [1.165, 1.54) is 12.1 Å². The van der Waals surface area contributed by atoms with E-state index in [9.17, 15) is 9.18 Å². The number of imidazole rings is 1. The van der Waals surface area contributed by atoms with Gasteiger partial charge >= 0.3 is 0 Å². The van der Waals surface area contributed by atoms with Gasteiger partial charge in [0.05, 0.1) is 0 Å². The van der Waals surface area contributed by atoms with Gasteiger partial charge in [-0.3, -0.25) is 4.79 Å². The number of hydrogen-bond acceptors (Lipinski definition) is 2. The SMILES string of the molecule is O=C(NCc1ccc(F)cc1)c1cn(-c2ccccc2)cn1. The van der Waals surface area contributed by atoms with Gasteiger partial charge in [-0.2, -0.15) is 0 Å². The van der Waals surface area contributed by atoms with E-state index in [4.69, 9.17) is 0 Å². The topological polar surface area (TPSA) is 46.9 Å². The first-order valence-corrected chi connectivity index (χ1v) is 6.84. The van der Waals surface area contributed by atoms with E-state index < -0.39 is 0 Å². The van der Waals surface area contributed by atoms with Crippen LogP contribution in [0.15, 0.2) is 67.1 Å². The lowest BCUT2D eigenvalue weighted by Gasteiger charge is -2.03. The summed E-state index contributed by atoms with van der Waals surface area (Å²) in [6.45, 7) is 0.331. The Morgan fingerprint density at radius 1 is 1.09 bits per heavy atom. The van der Waals surface area contributed by atoms with Gasteiger partial charge in [-0.05, 0) is 29.8 Å². The Morgan fingerprint density at radius 3 is 2.55 bits per heavy atom. The van der Waals surface area contributed by atoms with Gasteiger partial charge in [0, 0.05) is 18.4 Å². The van der Waals surface area contributed by atoms with Gasteiger partial charge < -0.3 is 9.88 Å². The van der Waals surface area contributed by atoms with E-state index >= 15 is 0 Å². The highest BCUT2D eigenvalue weighted by atomic mass is 19.1. The van der Waals surface area contributed by atoms with Crippen LogP contribution in [0, 0.1) is 5.82 Å². The molecule has 0 bridgehead atoms. The van der Waals surface area contributed by atoms with E-state index in [2.05, 4.69) is 10.3 Å². The Hall–Kier alpha value is -2.95. The maximum absolute atomic E-state index is 12.8. The van der Waals surface area contributed by atoms with Crippen LogP contribution in [0.25, 0.3) is 5.69 Å². The molecule has 22 heavy (non-hydrogen) atoms. The molecule has 0 aliphatic rings. The molecule has 1 heterocycles. The number of hydrogen-bond donors (Lipinski definition) is 1. The summed E-state index contributed by atoms with van der Waals surface area (Å²) < 4.78 is 14.6. The van der Waals surface area contributed by atoms with Crippen LogP contribution < -0.4 is 5.32 Å². The molecule has 1 N–H and O–H groups in total. The van der Waals surface area contributed by atoms with E-state index in [1.54, 1.807) is 29.2 Å². The standard InChI is InChI=1S/C17H14FN3O/c18-14-8-6-13(7-9-14)10-19-17(22)16-11-21(12-20-16)15-4-2-1-3-5-15/h1-9,11-12H,10H2,(H,19,22). The molecule has 0 fully saturated rings. The number of para-hydroxylation sites is 1. The average molecular weight is 295 g/mol. The molecule has 0 spiro atoms. The molecule has 0 saturated heterocycles.